The molecule has 0 aliphatic heterocycles. The van der Waals surface area contributed by atoms with Crippen LogP contribution in [0.25, 0.3) is 98.8 Å². The molecule has 0 saturated carbocycles. The highest BCUT2D eigenvalue weighted by molar-refractivity contribution is 6.26. The molecule has 54 heavy (non-hydrogen) atoms. The SMILES string of the molecule is Oc1c(O)c(O)c(-c2ccc3c(c2)oc2cccc(-c4c5ccccc5c(-c5ccc6cc(-c7ccccc7)ccc6c5)c5ccccc45)c23)c(O)c1O. The molecule has 258 valence electrons. The van der Waals surface area contributed by atoms with Crippen LogP contribution in [0, 0.1) is 0 Å². The lowest BCUT2D eigenvalue weighted by molar-refractivity contribution is 0.330. The summed E-state index contributed by atoms with van der Waals surface area (Å²) in [7, 11) is 0. The number of phenolic OH excluding ortho intramolecular Hbond substituents is 5. The third-order valence-electron chi connectivity index (χ3n) is 10.6. The van der Waals surface area contributed by atoms with Crippen molar-refractivity contribution < 1.29 is 29.9 Å². The van der Waals surface area contributed by atoms with Crippen LogP contribution in [-0.4, -0.2) is 25.5 Å². The molecule has 6 nitrogen and oxygen atoms in total. The van der Waals surface area contributed by atoms with Crippen molar-refractivity contribution in [3.63, 3.8) is 0 Å². The first-order chi connectivity index (χ1) is 26.4. The molecule has 0 radical (unpaired) electrons. The maximum Gasteiger partial charge on any atom is 0.208 e. The van der Waals surface area contributed by atoms with Crippen molar-refractivity contribution in [3.05, 3.63) is 152 Å². The van der Waals surface area contributed by atoms with Crippen molar-refractivity contribution >= 4 is 54.3 Å². The van der Waals surface area contributed by atoms with E-state index in [1.807, 2.05) is 24.3 Å². The molecule has 6 heteroatoms. The number of phenols is 5. The summed E-state index contributed by atoms with van der Waals surface area (Å²) in [6.45, 7) is 0. The fourth-order valence-corrected chi connectivity index (χ4v) is 8.09. The van der Waals surface area contributed by atoms with Crippen LogP contribution in [0.1, 0.15) is 0 Å². The molecule has 0 aliphatic rings. The van der Waals surface area contributed by atoms with Crippen molar-refractivity contribution in [1.29, 1.82) is 0 Å². The zero-order valence-corrected chi connectivity index (χ0v) is 28.6. The minimum absolute atomic E-state index is 0.233. The average Bonchev–Trinajstić information content (AvgIpc) is 3.60. The van der Waals surface area contributed by atoms with Crippen LogP contribution in [0.15, 0.2) is 156 Å². The van der Waals surface area contributed by atoms with Gasteiger partial charge in [0.2, 0.25) is 17.2 Å². The van der Waals surface area contributed by atoms with E-state index >= 15 is 0 Å². The summed E-state index contributed by atoms with van der Waals surface area (Å²) in [6.07, 6.45) is 0. The number of aromatic hydroxyl groups is 5. The van der Waals surface area contributed by atoms with Gasteiger partial charge in [0.25, 0.3) is 0 Å². The highest BCUT2D eigenvalue weighted by Crippen LogP contribution is 2.55. The standard InChI is InChI=1S/C48H30O6/c49-44-41(45(50)47(52)48(53)46(44)51)31-21-22-36-39(25-31)54-38-16-8-15-37(43(36)38)42-34-13-6-4-11-32(34)40(33-12-5-7-14-35(33)42)30-20-19-28-23-27(17-18-29(28)24-30)26-9-2-1-3-10-26/h1-25,49-53H. The van der Waals surface area contributed by atoms with Gasteiger partial charge in [-0.2, -0.15) is 0 Å². The van der Waals surface area contributed by atoms with Gasteiger partial charge in [-0.3, -0.25) is 0 Å². The van der Waals surface area contributed by atoms with Crippen LogP contribution in [0.5, 0.6) is 28.7 Å². The fourth-order valence-electron chi connectivity index (χ4n) is 8.09. The molecule has 0 spiro atoms. The Labute approximate surface area is 308 Å². The lowest BCUT2D eigenvalue weighted by Gasteiger charge is -2.18. The molecule has 0 bridgehead atoms. The molecule has 0 atom stereocenters. The van der Waals surface area contributed by atoms with E-state index in [9.17, 15) is 25.5 Å². The zero-order valence-electron chi connectivity index (χ0n) is 28.6. The first kappa shape index (κ1) is 31.3. The molecule has 0 saturated heterocycles. The Bertz CT molecular complexity index is 3070. The van der Waals surface area contributed by atoms with E-state index in [1.54, 1.807) is 12.1 Å². The van der Waals surface area contributed by atoms with Gasteiger partial charge >= 0.3 is 0 Å². The number of benzene rings is 9. The highest BCUT2D eigenvalue weighted by Gasteiger charge is 2.26. The van der Waals surface area contributed by atoms with E-state index in [0.29, 0.717) is 11.2 Å². The fraction of sp³-hybridized carbons (Fsp3) is 0. The molecule has 0 aliphatic carbocycles. The molecule has 10 rings (SSSR count). The maximum atomic E-state index is 10.6. The van der Waals surface area contributed by atoms with Gasteiger partial charge in [0.05, 0.1) is 5.56 Å². The number of furan rings is 1. The van der Waals surface area contributed by atoms with Crippen molar-refractivity contribution in [2.24, 2.45) is 0 Å². The Morgan fingerprint density at radius 3 is 1.48 bits per heavy atom. The summed E-state index contributed by atoms with van der Waals surface area (Å²) in [5.41, 5.74) is 7.87. The predicted molar refractivity (Wildman–Crippen MR) is 216 cm³/mol. The predicted octanol–water partition coefficient (Wildman–Crippen LogP) is 12.2. The van der Waals surface area contributed by atoms with Gasteiger partial charge in [0, 0.05) is 10.8 Å². The monoisotopic (exact) mass is 702 g/mol. The summed E-state index contributed by atoms with van der Waals surface area (Å²) < 4.78 is 6.40. The smallest absolute Gasteiger partial charge is 0.208 e. The number of rotatable bonds is 4. The van der Waals surface area contributed by atoms with Gasteiger partial charge in [-0.15, -0.1) is 0 Å². The van der Waals surface area contributed by atoms with E-state index in [0.717, 1.165) is 60.0 Å². The van der Waals surface area contributed by atoms with E-state index < -0.39 is 28.7 Å². The second kappa shape index (κ2) is 11.8. The second-order valence-electron chi connectivity index (χ2n) is 13.6. The Morgan fingerprint density at radius 1 is 0.315 bits per heavy atom. The van der Waals surface area contributed by atoms with Gasteiger partial charge in [-0.05, 0) is 102 Å². The molecule has 0 amide bonds. The lowest BCUT2D eigenvalue weighted by Crippen LogP contribution is -1.91. The van der Waals surface area contributed by atoms with E-state index in [-0.39, 0.29) is 11.1 Å². The maximum absolute atomic E-state index is 10.6. The number of hydrogen-bond acceptors (Lipinski definition) is 6. The van der Waals surface area contributed by atoms with Crippen molar-refractivity contribution in [2.75, 3.05) is 0 Å². The van der Waals surface area contributed by atoms with Crippen LogP contribution < -0.4 is 0 Å². The van der Waals surface area contributed by atoms with Crippen LogP contribution in [0.4, 0.5) is 0 Å². The molecule has 0 unspecified atom stereocenters. The summed E-state index contributed by atoms with van der Waals surface area (Å²) in [5, 5.41) is 60.1. The first-order valence-corrected chi connectivity index (χ1v) is 17.5. The largest absolute Gasteiger partial charge is 0.504 e. The normalized spacial score (nSPS) is 11.7. The Morgan fingerprint density at radius 2 is 0.833 bits per heavy atom. The van der Waals surface area contributed by atoms with Crippen LogP contribution in [0.2, 0.25) is 0 Å². The zero-order chi connectivity index (χ0) is 36.7. The average molecular weight is 703 g/mol. The quantitative estimate of drug-likeness (QED) is 0.0708. The van der Waals surface area contributed by atoms with Crippen LogP contribution in [0.3, 0.4) is 0 Å². The lowest BCUT2D eigenvalue weighted by atomic mass is 9.84. The van der Waals surface area contributed by atoms with Crippen molar-refractivity contribution in [3.8, 4) is 73.3 Å². The second-order valence-corrected chi connectivity index (χ2v) is 13.6. The van der Waals surface area contributed by atoms with Crippen molar-refractivity contribution in [1.82, 2.24) is 0 Å². The molecular weight excluding hydrogens is 673 g/mol. The molecule has 0 fully saturated rings. The molecule has 9 aromatic carbocycles. The van der Waals surface area contributed by atoms with Gasteiger partial charge in [-0.1, -0.05) is 121 Å². The third-order valence-corrected chi connectivity index (χ3v) is 10.6. The summed E-state index contributed by atoms with van der Waals surface area (Å²) >= 11 is 0. The molecule has 10 aromatic rings. The Hall–Kier alpha value is -7.44. The van der Waals surface area contributed by atoms with Crippen LogP contribution >= 0.6 is 0 Å². The van der Waals surface area contributed by atoms with Gasteiger partial charge in [0.15, 0.2) is 11.5 Å². The first-order valence-electron chi connectivity index (χ1n) is 17.5. The van der Waals surface area contributed by atoms with E-state index in [1.165, 1.54) is 16.5 Å². The Kier molecular flexibility index (Phi) is 6.84. The number of hydrogen-bond donors (Lipinski definition) is 5. The van der Waals surface area contributed by atoms with E-state index in [2.05, 4.69) is 115 Å². The topological polar surface area (TPSA) is 114 Å². The number of fused-ring (bicyclic) bond motifs is 6. The summed E-state index contributed by atoms with van der Waals surface area (Å²) in [4.78, 5) is 0. The van der Waals surface area contributed by atoms with Gasteiger partial charge in [-0.25, -0.2) is 0 Å². The molecule has 5 N–H and O–H groups in total. The summed E-state index contributed by atoms with van der Waals surface area (Å²) in [6, 6.07) is 51.9. The third kappa shape index (κ3) is 4.60. The minimum atomic E-state index is -1.01. The Balaban J connectivity index is 1.19. The van der Waals surface area contributed by atoms with Crippen LogP contribution in [-0.2, 0) is 0 Å². The molecule has 1 aromatic heterocycles. The van der Waals surface area contributed by atoms with Crippen molar-refractivity contribution in [2.45, 2.75) is 0 Å². The summed E-state index contributed by atoms with van der Waals surface area (Å²) in [5.74, 6) is -4.40. The van der Waals surface area contributed by atoms with Gasteiger partial charge in [0.1, 0.15) is 11.2 Å². The minimum Gasteiger partial charge on any atom is -0.504 e. The molecular formula is C48H30O6. The van der Waals surface area contributed by atoms with E-state index in [4.69, 9.17) is 4.42 Å². The molecule has 1 heterocycles. The highest BCUT2D eigenvalue weighted by atomic mass is 16.4. The van der Waals surface area contributed by atoms with Gasteiger partial charge < -0.3 is 29.9 Å².